The van der Waals surface area contributed by atoms with Gasteiger partial charge in [0.1, 0.15) is 67.1 Å². The molecule has 11 N–H and O–H groups in total. The van der Waals surface area contributed by atoms with E-state index in [2.05, 4.69) is 40.7 Å². The highest BCUT2D eigenvalue weighted by molar-refractivity contribution is 5.89. The monoisotopic (exact) mass is 1120 g/mol. The minimum absolute atomic E-state index is 0.0232. The molecule has 0 aromatic carbocycles. The Morgan fingerprint density at radius 3 is 1.73 bits per heavy atom. The molecule has 0 amide bonds. The summed E-state index contributed by atoms with van der Waals surface area (Å²) in [5.41, 5.74) is -2.71. The first-order valence-electron chi connectivity index (χ1n) is 28.0. The van der Waals surface area contributed by atoms with Crippen LogP contribution >= 0.6 is 0 Å². The second kappa shape index (κ2) is 22.5. The number of hydrogen-bond donors (Lipinski definition) is 11. The van der Waals surface area contributed by atoms with Crippen LogP contribution in [0.1, 0.15) is 121 Å². The Bertz CT molecular complexity index is 2350. The van der Waals surface area contributed by atoms with Gasteiger partial charge in [-0.15, -0.1) is 0 Å². The molecule has 3 aliphatic heterocycles. The Labute approximate surface area is 461 Å². The van der Waals surface area contributed by atoms with Crippen LogP contribution in [0.15, 0.2) is 34.9 Å². The minimum Gasteiger partial charge on any atom is -0.479 e. The molecular formula is C57H88O22. The maximum absolute atomic E-state index is 13.8. The molecule has 448 valence electrons. The number of allylic oxidation sites excluding steroid dienone is 4. The lowest BCUT2D eigenvalue weighted by molar-refractivity contribution is -0.386. The molecule has 3 saturated heterocycles. The topological polar surface area (TPSA) is 348 Å². The predicted molar refractivity (Wildman–Crippen MR) is 275 cm³/mol. The van der Waals surface area contributed by atoms with Gasteiger partial charge in [0.2, 0.25) is 0 Å². The number of carbonyl (C=O) groups is 3. The quantitative estimate of drug-likeness (QED) is 0.0505. The average Bonchev–Trinajstić information content (AvgIpc) is 3.87. The molecule has 0 aromatic heterocycles. The predicted octanol–water partition coefficient (Wildman–Crippen LogP) is 1.29. The van der Waals surface area contributed by atoms with Crippen molar-refractivity contribution < 1.29 is 108 Å². The Balaban J connectivity index is 1.12. The highest BCUT2D eigenvalue weighted by Crippen LogP contribution is 2.76. The first kappa shape index (κ1) is 62.0. The number of aliphatic hydroxyl groups is 10. The lowest BCUT2D eigenvalue weighted by Gasteiger charge is -2.72. The molecule has 79 heavy (non-hydrogen) atoms. The van der Waals surface area contributed by atoms with Crippen LogP contribution in [0, 0.1) is 50.2 Å². The first-order valence-corrected chi connectivity index (χ1v) is 28.0. The molecule has 22 heteroatoms. The van der Waals surface area contributed by atoms with Crippen molar-refractivity contribution in [3.63, 3.8) is 0 Å². The molecule has 5 aliphatic carbocycles. The Kier molecular flexibility index (Phi) is 17.7. The molecule has 3 heterocycles. The van der Waals surface area contributed by atoms with Crippen LogP contribution in [0.5, 0.6) is 0 Å². The molecule has 0 spiro atoms. The zero-order valence-electron chi connectivity index (χ0n) is 47.3. The zero-order valence-corrected chi connectivity index (χ0v) is 47.3. The number of esters is 2. The number of fused-ring (bicyclic) bond motifs is 7. The molecule has 8 rings (SSSR count). The van der Waals surface area contributed by atoms with Crippen LogP contribution in [0.25, 0.3) is 0 Å². The highest BCUT2D eigenvalue weighted by atomic mass is 16.8. The third-order valence-electron chi connectivity index (χ3n) is 21.3. The van der Waals surface area contributed by atoms with Gasteiger partial charge in [-0.05, 0) is 112 Å². The van der Waals surface area contributed by atoms with Crippen LogP contribution in [-0.4, -0.2) is 204 Å². The van der Waals surface area contributed by atoms with Crippen LogP contribution in [-0.2, 0) is 52.3 Å². The van der Waals surface area contributed by atoms with Gasteiger partial charge in [0.05, 0.1) is 37.4 Å². The molecule has 8 unspecified atom stereocenters. The van der Waals surface area contributed by atoms with Gasteiger partial charge in [-0.1, -0.05) is 72.3 Å². The van der Waals surface area contributed by atoms with Crippen molar-refractivity contribution in [3.8, 4) is 0 Å². The molecular weight excluding hydrogens is 1040 g/mol. The number of ether oxygens (including phenoxy) is 8. The van der Waals surface area contributed by atoms with Crippen LogP contribution < -0.4 is 0 Å². The number of carboxylic acid groups (broad SMARTS) is 1. The lowest BCUT2D eigenvalue weighted by atomic mass is 9.33. The molecule has 4 saturated carbocycles. The van der Waals surface area contributed by atoms with Crippen molar-refractivity contribution >= 4 is 17.9 Å². The summed E-state index contributed by atoms with van der Waals surface area (Å²) in [6.45, 7) is 19.4. The van der Waals surface area contributed by atoms with Crippen LogP contribution in [0.4, 0.5) is 0 Å². The summed E-state index contributed by atoms with van der Waals surface area (Å²) in [6, 6.07) is 0. The standard InChI is InChI=1S/C57H88O22/c1-12-25(3)47(70)78-44-45(79-48(71)26(4)13-2)57(24-60)28(20-52(44,5)6)27-14-15-32-54(9)18-17-34(53(7,8)31(54)16-19-55(32,10)56(27,11)21-33(57)61)74-51-43(77-50-39(66)37(64)35(62)29(22-58)72-50)41(40(67)42(76-51)46(68)69)75-49-38(65)36(63)30(23-59)73-49/h12-14,28-45,49-51,58-67H,15-24H2,1-11H3,(H,68,69)/b25-12-,26-13-/t28?,29?,30-,31?,32?,33-,34+,35+,36+,37+,38?,39?,40-,41+,42?,43?,44+,45+,49+,50+,51-,54+,55-,56-,57+/m1/s1. The average molecular weight is 1130 g/mol. The zero-order chi connectivity index (χ0) is 58.4. The van der Waals surface area contributed by atoms with Crippen LogP contribution in [0.3, 0.4) is 0 Å². The van der Waals surface area contributed by atoms with E-state index in [1.54, 1.807) is 39.8 Å². The fourth-order valence-corrected chi connectivity index (χ4v) is 16.2. The molecule has 0 aromatic rings. The van der Waals surface area contributed by atoms with Crippen molar-refractivity contribution in [1.82, 2.24) is 0 Å². The smallest absolute Gasteiger partial charge is 0.335 e. The van der Waals surface area contributed by atoms with Crippen molar-refractivity contribution in [2.24, 2.45) is 50.2 Å². The number of carbonyl (C=O) groups excluding carboxylic acids is 2. The molecule has 7 fully saturated rings. The number of rotatable bonds is 14. The number of hydrogen-bond acceptors (Lipinski definition) is 21. The van der Waals surface area contributed by atoms with Gasteiger partial charge in [-0.3, -0.25) is 0 Å². The molecule has 0 radical (unpaired) electrons. The highest BCUT2D eigenvalue weighted by Gasteiger charge is 2.74. The van der Waals surface area contributed by atoms with Crippen molar-refractivity contribution in [3.05, 3.63) is 34.9 Å². The van der Waals surface area contributed by atoms with E-state index in [0.717, 1.165) is 5.57 Å². The van der Waals surface area contributed by atoms with Gasteiger partial charge in [0.15, 0.2) is 31.1 Å². The van der Waals surface area contributed by atoms with E-state index in [-0.39, 0.29) is 23.7 Å². The van der Waals surface area contributed by atoms with E-state index in [4.69, 9.17) is 37.9 Å². The van der Waals surface area contributed by atoms with Gasteiger partial charge in [-0.25, -0.2) is 14.4 Å². The third kappa shape index (κ3) is 9.99. The summed E-state index contributed by atoms with van der Waals surface area (Å²) in [5, 5.41) is 121. The summed E-state index contributed by atoms with van der Waals surface area (Å²) < 4.78 is 49.2. The lowest BCUT2D eigenvalue weighted by Crippen LogP contribution is -2.72. The SMILES string of the molecule is C/C=C(/C)C(=O)O[C@H]1[C@H](OC(=O)/C(C)=C\C)[C@@]2(CO)C(CC1(C)C)C1=CCC3[C@@]4(C)CC[C@H](O[C@@H]5OC(C(=O)O)[C@H](O)[C@H](O[C@@H]6O[C@H](CO)[C@H](O)C6O)C5O[C@@H]5OC(CO)[C@H](O)[C@H](O)C5O)C(C)(C)C4CC[C@@]3(C)[C@]1(C)C[C@H]2O. The third-order valence-corrected chi connectivity index (χ3v) is 21.3. The second-order valence-corrected chi connectivity index (χ2v) is 26.0. The van der Waals surface area contributed by atoms with E-state index in [9.17, 15) is 70.6 Å². The maximum atomic E-state index is 13.8. The van der Waals surface area contributed by atoms with Crippen molar-refractivity contribution in [2.45, 2.75) is 232 Å². The number of aliphatic hydroxyl groups excluding tert-OH is 10. The fraction of sp³-hybridized carbons (Fsp3) is 0.842. The van der Waals surface area contributed by atoms with E-state index >= 15 is 0 Å². The minimum atomic E-state index is -2.10. The molecule has 8 aliphatic rings. The number of carboxylic acids is 1. The summed E-state index contributed by atoms with van der Waals surface area (Å²) in [5.74, 6) is -3.40. The van der Waals surface area contributed by atoms with Crippen molar-refractivity contribution in [2.75, 3.05) is 19.8 Å². The Morgan fingerprint density at radius 2 is 1.19 bits per heavy atom. The van der Waals surface area contributed by atoms with E-state index < -0.39 is 181 Å². The normalized spacial score (nSPS) is 48.6. The summed E-state index contributed by atoms with van der Waals surface area (Å²) in [7, 11) is 0. The summed E-state index contributed by atoms with van der Waals surface area (Å²) in [4.78, 5) is 40.3. The Hall–Kier alpha value is -3.01. The molecule has 0 bridgehead atoms. The van der Waals surface area contributed by atoms with Gasteiger partial charge >= 0.3 is 17.9 Å². The van der Waals surface area contributed by atoms with Gasteiger partial charge in [-0.2, -0.15) is 0 Å². The van der Waals surface area contributed by atoms with Crippen molar-refractivity contribution in [1.29, 1.82) is 0 Å². The van der Waals surface area contributed by atoms with Gasteiger partial charge in [0.25, 0.3) is 0 Å². The fourth-order valence-electron chi connectivity index (χ4n) is 16.2. The van der Waals surface area contributed by atoms with Gasteiger partial charge < -0.3 is 94.1 Å². The summed E-state index contributed by atoms with van der Waals surface area (Å²) >= 11 is 0. The van der Waals surface area contributed by atoms with E-state index in [1.807, 2.05) is 13.8 Å². The largest absolute Gasteiger partial charge is 0.479 e. The first-order chi connectivity index (χ1) is 36.9. The van der Waals surface area contributed by atoms with E-state index in [1.165, 1.54) is 0 Å². The van der Waals surface area contributed by atoms with E-state index in [0.29, 0.717) is 49.7 Å². The Morgan fingerprint density at radius 1 is 0.646 bits per heavy atom. The summed E-state index contributed by atoms with van der Waals surface area (Å²) in [6.07, 6.45) is -20.2. The van der Waals surface area contributed by atoms with Crippen LogP contribution in [0.2, 0.25) is 0 Å². The molecule has 25 atom stereocenters. The maximum Gasteiger partial charge on any atom is 0.335 e. The molecule has 22 nitrogen and oxygen atoms in total. The van der Waals surface area contributed by atoms with Gasteiger partial charge in [0, 0.05) is 16.6 Å². The second-order valence-electron chi connectivity index (χ2n) is 26.0. The number of aliphatic carboxylic acids is 1.